The Morgan fingerprint density at radius 2 is 2.06 bits per heavy atom. The second-order valence-corrected chi connectivity index (χ2v) is 6.25. The van der Waals surface area contributed by atoms with E-state index in [0.29, 0.717) is 11.6 Å². The summed E-state index contributed by atoms with van der Waals surface area (Å²) >= 11 is 0. The van der Waals surface area contributed by atoms with Crippen LogP contribution in [-0.4, -0.2) is 48.2 Å². The fourth-order valence-corrected chi connectivity index (χ4v) is 3.30. The summed E-state index contributed by atoms with van der Waals surface area (Å²) in [4.78, 5) is 13.4. The van der Waals surface area contributed by atoms with E-state index >= 15 is 0 Å². The maximum atomic E-state index is 11.0. The third kappa shape index (κ3) is 2.86. The van der Waals surface area contributed by atoms with Crippen LogP contribution in [0.25, 0.3) is 0 Å². The van der Waals surface area contributed by atoms with Gasteiger partial charge in [0.05, 0.1) is 5.92 Å². The number of rotatable bonds is 5. The Hall–Kier alpha value is -0.610. The van der Waals surface area contributed by atoms with Crippen LogP contribution >= 0.6 is 0 Å². The van der Waals surface area contributed by atoms with E-state index in [1.807, 2.05) is 0 Å². The van der Waals surface area contributed by atoms with Gasteiger partial charge in [0.25, 0.3) is 0 Å². The van der Waals surface area contributed by atoms with E-state index in [4.69, 9.17) is 5.11 Å². The second-order valence-electron chi connectivity index (χ2n) is 6.25. The maximum Gasteiger partial charge on any atom is 0.306 e. The molecular formula is C14H26N2O2. The van der Waals surface area contributed by atoms with Crippen molar-refractivity contribution >= 4 is 5.97 Å². The van der Waals surface area contributed by atoms with E-state index < -0.39 is 5.97 Å². The van der Waals surface area contributed by atoms with E-state index in [9.17, 15) is 4.79 Å². The van der Waals surface area contributed by atoms with Crippen molar-refractivity contribution < 1.29 is 9.90 Å². The van der Waals surface area contributed by atoms with Gasteiger partial charge >= 0.3 is 5.97 Å². The first-order chi connectivity index (χ1) is 8.53. The average molecular weight is 254 g/mol. The first kappa shape index (κ1) is 13.8. The monoisotopic (exact) mass is 254 g/mol. The van der Waals surface area contributed by atoms with E-state index in [1.165, 1.54) is 19.3 Å². The summed E-state index contributed by atoms with van der Waals surface area (Å²) in [5.74, 6) is -0.750. The molecule has 0 aromatic heterocycles. The molecule has 4 heteroatoms. The van der Waals surface area contributed by atoms with Crippen molar-refractivity contribution in [3.63, 3.8) is 0 Å². The minimum absolute atomic E-state index is 0.132. The molecule has 18 heavy (non-hydrogen) atoms. The van der Waals surface area contributed by atoms with Crippen LogP contribution in [0.3, 0.4) is 0 Å². The van der Waals surface area contributed by atoms with Crippen molar-refractivity contribution in [2.24, 2.45) is 5.92 Å². The van der Waals surface area contributed by atoms with Crippen LogP contribution in [0, 0.1) is 5.92 Å². The Bertz CT molecular complexity index is 300. The largest absolute Gasteiger partial charge is 0.481 e. The highest BCUT2D eigenvalue weighted by molar-refractivity contribution is 5.70. The SMILES string of the molecule is CN(C)C1(CNC2CCCC(C(=O)O)C2)CCC1. The summed E-state index contributed by atoms with van der Waals surface area (Å²) in [5.41, 5.74) is 0.330. The molecule has 4 nitrogen and oxygen atoms in total. The van der Waals surface area contributed by atoms with Gasteiger partial charge in [-0.1, -0.05) is 6.42 Å². The molecule has 0 heterocycles. The Morgan fingerprint density at radius 1 is 1.33 bits per heavy atom. The van der Waals surface area contributed by atoms with Crippen molar-refractivity contribution in [3.8, 4) is 0 Å². The molecule has 0 spiro atoms. The van der Waals surface area contributed by atoms with Crippen LogP contribution in [-0.2, 0) is 4.79 Å². The van der Waals surface area contributed by atoms with Gasteiger partial charge in [-0.2, -0.15) is 0 Å². The molecule has 0 aromatic rings. The highest BCUT2D eigenvalue weighted by Gasteiger charge is 2.39. The molecule has 0 aromatic carbocycles. The molecule has 0 bridgehead atoms. The molecule has 2 rings (SSSR count). The molecule has 0 aliphatic heterocycles. The summed E-state index contributed by atoms with van der Waals surface area (Å²) in [7, 11) is 4.31. The van der Waals surface area contributed by atoms with Crippen molar-refractivity contribution in [1.82, 2.24) is 10.2 Å². The smallest absolute Gasteiger partial charge is 0.306 e. The lowest BCUT2D eigenvalue weighted by Crippen LogP contribution is -2.58. The number of nitrogens with one attached hydrogen (secondary N) is 1. The average Bonchev–Trinajstić information content (AvgIpc) is 2.27. The standard InChI is InChI=1S/C14H26N2O2/c1-16(2)14(7-4-8-14)10-15-12-6-3-5-11(9-12)13(17)18/h11-12,15H,3-10H2,1-2H3,(H,17,18). The first-order valence-electron chi connectivity index (χ1n) is 7.17. The van der Waals surface area contributed by atoms with Crippen molar-refractivity contribution in [1.29, 1.82) is 0 Å². The Kier molecular flexibility index (Phi) is 4.28. The van der Waals surface area contributed by atoms with Gasteiger partial charge in [-0.3, -0.25) is 4.79 Å². The fourth-order valence-electron chi connectivity index (χ4n) is 3.30. The maximum absolute atomic E-state index is 11.0. The highest BCUT2D eigenvalue weighted by Crippen LogP contribution is 2.36. The molecule has 104 valence electrons. The van der Waals surface area contributed by atoms with Crippen LogP contribution in [0.5, 0.6) is 0 Å². The topological polar surface area (TPSA) is 52.6 Å². The summed E-state index contributed by atoms with van der Waals surface area (Å²) in [6.07, 6.45) is 7.69. The van der Waals surface area contributed by atoms with Crippen LogP contribution in [0.2, 0.25) is 0 Å². The van der Waals surface area contributed by atoms with Gasteiger partial charge in [0.2, 0.25) is 0 Å². The summed E-state index contributed by atoms with van der Waals surface area (Å²) in [6, 6.07) is 0.400. The molecule has 2 unspecified atom stereocenters. The van der Waals surface area contributed by atoms with Crippen molar-refractivity contribution in [3.05, 3.63) is 0 Å². The quantitative estimate of drug-likeness (QED) is 0.784. The Labute approximate surface area is 110 Å². The van der Waals surface area contributed by atoms with Gasteiger partial charge in [0.15, 0.2) is 0 Å². The normalized spacial score (nSPS) is 31.1. The lowest BCUT2D eigenvalue weighted by molar-refractivity contribution is -0.143. The molecule has 2 fully saturated rings. The summed E-state index contributed by atoms with van der Waals surface area (Å²) in [6.45, 7) is 1.01. The number of carboxylic acid groups (broad SMARTS) is 1. The van der Waals surface area contributed by atoms with E-state index in [0.717, 1.165) is 32.2 Å². The third-order valence-corrected chi connectivity index (χ3v) is 4.98. The van der Waals surface area contributed by atoms with Crippen LogP contribution in [0.1, 0.15) is 44.9 Å². The zero-order valence-corrected chi connectivity index (χ0v) is 11.6. The molecular weight excluding hydrogens is 228 g/mol. The van der Waals surface area contributed by atoms with E-state index in [2.05, 4.69) is 24.3 Å². The molecule has 0 saturated heterocycles. The molecule has 0 radical (unpaired) electrons. The van der Waals surface area contributed by atoms with Gasteiger partial charge in [-0.25, -0.2) is 0 Å². The van der Waals surface area contributed by atoms with Gasteiger partial charge in [0, 0.05) is 18.1 Å². The van der Waals surface area contributed by atoms with Crippen LogP contribution in [0.15, 0.2) is 0 Å². The number of carbonyl (C=O) groups is 1. The molecule has 2 N–H and O–H groups in total. The van der Waals surface area contributed by atoms with Crippen molar-refractivity contribution in [2.45, 2.75) is 56.5 Å². The lowest BCUT2D eigenvalue weighted by atomic mass is 9.75. The zero-order chi connectivity index (χ0) is 13.2. The molecule has 2 atom stereocenters. The highest BCUT2D eigenvalue weighted by atomic mass is 16.4. The number of aliphatic carboxylic acids is 1. The van der Waals surface area contributed by atoms with Gasteiger partial charge < -0.3 is 15.3 Å². The van der Waals surface area contributed by atoms with Gasteiger partial charge in [-0.05, 0) is 52.6 Å². The van der Waals surface area contributed by atoms with Crippen LogP contribution in [0.4, 0.5) is 0 Å². The van der Waals surface area contributed by atoms with Crippen LogP contribution < -0.4 is 5.32 Å². The third-order valence-electron chi connectivity index (χ3n) is 4.98. The summed E-state index contributed by atoms with van der Waals surface area (Å²) in [5, 5.41) is 12.7. The zero-order valence-electron chi connectivity index (χ0n) is 11.6. The predicted octanol–water partition coefficient (Wildman–Crippen LogP) is 1.70. The number of nitrogens with zero attached hydrogens (tertiary/aromatic N) is 1. The molecule has 2 aliphatic rings. The van der Waals surface area contributed by atoms with Gasteiger partial charge in [-0.15, -0.1) is 0 Å². The predicted molar refractivity (Wildman–Crippen MR) is 71.7 cm³/mol. The molecule has 2 saturated carbocycles. The Morgan fingerprint density at radius 3 is 2.56 bits per heavy atom. The summed E-state index contributed by atoms with van der Waals surface area (Å²) < 4.78 is 0. The van der Waals surface area contributed by atoms with E-state index in [1.54, 1.807) is 0 Å². The number of likely N-dealkylation sites (N-methyl/N-ethyl adjacent to an activating group) is 1. The lowest BCUT2D eigenvalue weighted by Gasteiger charge is -2.48. The molecule has 0 amide bonds. The molecule has 2 aliphatic carbocycles. The number of carboxylic acids is 1. The van der Waals surface area contributed by atoms with Gasteiger partial charge in [0.1, 0.15) is 0 Å². The van der Waals surface area contributed by atoms with E-state index in [-0.39, 0.29) is 5.92 Å². The van der Waals surface area contributed by atoms with Crippen molar-refractivity contribution in [2.75, 3.05) is 20.6 Å². The minimum atomic E-state index is -0.618. The fraction of sp³-hybridized carbons (Fsp3) is 0.929. The minimum Gasteiger partial charge on any atom is -0.481 e. The number of hydrogen-bond donors (Lipinski definition) is 2. The first-order valence-corrected chi connectivity index (χ1v) is 7.17. The Balaban J connectivity index is 1.81. The number of hydrogen-bond acceptors (Lipinski definition) is 3. The second kappa shape index (κ2) is 5.57.